The molecule has 0 radical (unpaired) electrons. The van der Waals surface area contributed by atoms with Crippen LogP contribution >= 0.6 is 0 Å². The third kappa shape index (κ3) is 4.61. The molecule has 0 unspecified atom stereocenters. The second-order valence-electron chi connectivity index (χ2n) is 4.44. The van der Waals surface area contributed by atoms with Crippen molar-refractivity contribution in [1.82, 2.24) is 15.3 Å². The maximum Gasteiger partial charge on any atom is 0.248 e. The van der Waals surface area contributed by atoms with Gasteiger partial charge in [-0.2, -0.15) is 0 Å². The molecule has 0 saturated carbocycles. The molecule has 1 heterocycles. The zero-order valence-corrected chi connectivity index (χ0v) is 11.4. The van der Waals surface area contributed by atoms with E-state index in [-0.39, 0.29) is 5.91 Å². The minimum Gasteiger partial charge on any atom is -0.366 e. The largest absolute Gasteiger partial charge is 0.366 e. The predicted molar refractivity (Wildman–Crippen MR) is 79.3 cm³/mol. The van der Waals surface area contributed by atoms with E-state index in [0.717, 1.165) is 11.3 Å². The number of aromatic nitrogens is 2. The average Bonchev–Trinajstić information content (AvgIpc) is 2.99. The number of imidazole rings is 1. The maximum atomic E-state index is 11.6. The first-order valence-electron chi connectivity index (χ1n) is 6.48. The molecule has 6 nitrogen and oxygen atoms in total. The Morgan fingerprint density at radius 3 is 2.67 bits per heavy atom. The summed E-state index contributed by atoms with van der Waals surface area (Å²) in [5, 5.41) is 2.77. The fraction of sp³-hybridized carbons (Fsp3) is 0.133. The molecule has 0 atom stereocenters. The van der Waals surface area contributed by atoms with Gasteiger partial charge in [-0.1, -0.05) is 12.1 Å². The Labute approximate surface area is 122 Å². The van der Waals surface area contributed by atoms with Crippen molar-refractivity contribution in [3.8, 4) is 0 Å². The van der Waals surface area contributed by atoms with Gasteiger partial charge in [0.2, 0.25) is 11.8 Å². The monoisotopic (exact) mass is 284 g/mol. The molecule has 21 heavy (non-hydrogen) atoms. The molecular weight excluding hydrogens is 268 g/mol. The van der Waals surface area contributed by atoms with Crippen LogP contribution < -0.4 is 11.1 Å². The number of nitrogens with zero attached hydrogens (tertiary/aromatic N) is 1. The summed E-state index contributed by atoms with van der Waals surface area (Å²) in [7, 11) is 0. The Kier molecular flexibility index (Phi) is 4.87. The topological polar surface area (TPSA) is 101 Å². The number of carbonyl (C=O) groups is 2. The number of carbonyl (C=O) groups excluding carboxylic acids is 2. The Morgan fingerprint density at radius 2 is 2.05 bits per heavy atom. The lowest BCUT2D eigenvalue weighted by molar-refractivity contribution is -0.116. The molecule has 6 heteroatoms. The van der Waals surface area contributed by atoms with Crippen molar-refractivity contribution < 1.29 is 9.59 Å². The second-order valence-corrected chi connectivity index (χ2v) is 4.44. The van der Waals surface area contributed by atoms with Gasteiger partial charge in [-0.05, 0) is 23.8 Å². The van der Waals surface area contributed by atoms with Crippen molar-refractivity contribution in [1.29, 1.82) is 0 Å². The van der Waals surface area contributed by atoms with Gasteiger partial charge in [0.15, 0.2) is 0 Å². The zero-order chi connectivity index (χ0) is 15.1. The van der Waals surface area contributed by atoms with Crippen molar-refractivity contribution >= 4 is 17.9 Å². The summed E-state index contributed by atoms with van der Waals surface area (Å²) >= 11 is 0. The van der Waals surface area contributed by atoms with Crippen molar-refractivity contribution in [3.05, 3.63) is 59.7 Å². The molecule has 2 amide bonds. The van der Waals surface area contributed by atoms with Crippen molar-refractivity contribution in [2.45, 2.75) is 6.42 Å². The molecular formula is C15H16N4O2. The summed E-state index contributed by atoms with van der Waals surface area (Å²) in [5.41, 5.74) is 7.39. The van der Waals surface area contributed by atoms with Crippen LogP contribution in [0.1, 0.15) is 21.6 Å². The van der Waals surface area contributed by atoms with Crippen LogP contribution in [0.5, 0.6) is 0 Å². The van der Waals surface area contributed by atoms with Crippen LogP contribution in [-0.2, 0) is 11.2 Å². The number of hydrogen-bond acceptors (Lipinski definition) is 3. The maximum absolute atomic E-state index is 11.6. The van der Waals surface area contributed by atoms with Crippen LogP contribution in [0.2, 0.25) is 0 Å². The van der Waals surface area contributed by atoms with Crippen molar-refractivity contribution in [3.63, 3.8) is 0 Å². The minimum atomic E-state index is -0.470. The fourth-order valence-electron chi connectivity index (χ4n) is 1.73. The van der Waals surface area contributed by atoms with Crippen LogP contribution in [0.3, 0.4) is 0 Å². The summed E-state index contributed by atoms with van der Waals surface area (Å²) in [6, 6.07) is 6.71. The summed E-state index contributed by atoms with van der Waals surface area (Å²) in [6.07, 6.45) is 7.16. The number of amides is 2. The number of nitrogens with one attached hydrogen (secondary N) is 2. The summed E-state index contributed by atoms with van der Waals surface area (Å²) in [5.74, 6) is -0.643. The molecule has 0 spiro atoms. The molecule has 0 aliphatic carbocycles. The minimum absolute atomic E-state index is 0.173. The highest BCUT2D eigenvalue weighted by Crippen LogP contribution is 2.05. The Bertz CT molecular complexity index is 630. The van der Waals surface area contributed by atoms with Crippen LogP contribution in [-0.4, -0.2) is 28.3 Å². The van der Waals surface area contributed by atoms with Crippen LogP contribution in [0.4, 0.5) is 0 Å². The van der Waals surface area contributed by atoms with Gasteiger partial charge in [0.05, 0.1) is 6.33 Å². The standard InChI is InChI=1S/C15H16N4O2/c16-15(21)12-4-1-11(2-5-12)3-6-14(20)18-8-7-13-9-17-10-19-13/h1-6,9-10H,7-8H2,(H2,16,21)(H,17,19)(H,18,20). The number of benzene rings is 1. The van der Waals surface area contributed by atoms with E-state index in [1.807, 2.05) is 0 Å². The summed E-state index contributed by atoms with van der Waals surface area (Å²) in [6.45, 7) is 0.534. The van der Waals surface area contributed by atoms with E-state index in [0.29, 0.717) is 18.5 Å². The lowest BCUT2D eigenvalue weighted by Crippen LogP contribution is -2.23. The van der Waals surface area contributed by atoms with Crippen molar-refractivity contribution in [2.24, 2.45) is 5.73 Å². The summed E-state index contributed by atoms with van der Waals surface area (Å²) in [4.78, 5) is 29.4. The molecule has 4 N–H and O–H groups in total. The number of aromatic amines is 1. The molecule has 0 fully saturated rings. The van der Waals surface area contributed by atoms with E-state index in [1.54, 1.807) is 42.9 Å². The lowest BCUT2D eigenvalue weighted by Gasteiger charge is -2.00. The van der Waals surface area contributed by atoms with Crippen LogP contribution in [0.25, 0.3) is 6.08 Å². The van der Waals surface area contributed by atoms with E-state index in [1.165, 1.54) is 6.08 Å². The fourth-order valence-corrected chi connectivity index (χ4v) is 1.73. The Hall–Kier alpha value is -2.89. The normalized spacial score (nSPS) is 10.7. The molecule has 0 aliphatic heterocycles. The molecule has 0 saturated heterocycles. The highest BCUT2D eigenvalue weighted by Gasteiger charge is 1.99. The number of hydrogen-bond donors (Lipinski definition) is 3. The number of rotatable bonds is 6. The van der Waals surface area contributed by atoms with Crippen LogP contribution in [0.15, 0.2) is 42.9 Å². The predicted octanol–water partition coefficient (Wildman–Crippen LogP) is 0.881. The van der Waals surface area contributed by atoms with E-state index in [2.05, 4.69) is 15.3 Å². The zero-order valence-electron chi connectivity index (χ0n) is 11.4. The second kappa shape index (κ2) is 7.04. The van der Waals surface area contributed by atoms with E-state index < -0.39 is 5.91 Å². The van der Waals surface area contributed by atoms with Gasteiger partial charge in [-0.3, -0.25) is 9.59 Å². The third-order valence-electron chi connectivity index (χ3n) is 2.87. The SMILES string of the molecule is NC(=O)c1ccc(C=CC(=O)NCCc2cnc[nH]2)cc1. The quantitative estimate of drug-likeness (QED) is 0.686. The smallest absolute Gasteiger partial charge is 0.248 e. The van der Waals surface area contributed by atoms with Crippen LogP contribution in [0, 0.1) is 0 Å². The number of nitrogens with two attached hydrogens (primary N) is 1. The molecule has 108 valence electrons. The number of H-pyrrole nitrogens is 1. The van der Waals surface area contributed by atoms with Crippen molar-refractivity contribution in [2.75, 3.05) is 6.54 Å². The van der Waals surface area contributed by atoms with E-state index in [9.17, 15) is 9.59 Å². The van der Waals surface area contributed by atoms with Gasteiger partial charge in [0, 0.05) is 36.5 Å². The first-order chi connectivity index (χ1) is 10.1. The van der Waals surface area contributed by atoms with E-state index in [4.69, 9.17) is 5.73 Å². The third-order valence-corrected chi connectivity index (χ3v) is 2.87. The molecule has 2 rings (SSSR count). The average molecular weight is 284 g/mol. The Balaban J connectivity index is 1.80. The highest BCUT2D eigenvalue weighted by molar-refractivity contribution is 5.94. The molecule has 1 aromatic heterocycles. The van der Waals surface area contributed by atoms with Gasteiger partial charge in [0.25, 0.3) is 0 Å². The van der Waals surface area contributed by atoms with Gasteiger partial charge < -0.3 is 16.0 Å². The highest BCUT2D eigenvalue weighted by atomic mass is 16.1. The van der Waals surface area contributed by atoms with Gasteiger partial charge in [0.1, 0.15) is 0 Å². The van der Waals surface area contributed by atoms with Gasteiger partial charge in [-0.15, -0.1) is 0 Å². The molecule has 2 aromatic rings. The lowest BCUT2D eigenvalue weighted by atomic mass is 10.1. The first-order valence-corrected chi connectivity index (χ1v) is 6.48. The van der Waals surface area contributed by atoms with Gasteiger partial charge >= 0.3 is 0 Å². The van der Waals surface area contributed by atoms with Gasteiger partial charge in [-0.25, -0.2) is 4.98 Å². The number of primary amides is 1. The summed E-state index contributed by atoms with van der Waals surface area (Å²) < 4.78 is 0. The molecule has 1 aromatic carbocycles. The van der Waals surface area contributed by atoms with E-state index >= 15 is 0 Å². The Morgan fingerprint density at radius 1 is 1.29 bits per heavy atom. The molecule has 0 aliphatic rings. The first kappa shape index (κ1) is 14.5. The molecule has 0 bridgehead atoms.